The summed E-state index contributed by atoms with van der Waals surface area (Å²) in [6.07, 6.45) is 1.44. The molecule has 160 valence electrons. The summed E-state index contributed by atoms with van der Waals surface area (Å²) in [6.45, 7) is 2.10. The molecule has 1 saturated heterocycles. The van der Waals surface area contributed by atoms with Crippen molar-refractivity contribution in [1.82, 2.24) is 9.80 Å². The van der Waals surface area contributed by atoms with E-state index >= 15 is 0 Å². The van der Waals surface area contributed by atoms with Crippen molar-refractivity contribution in [2.24, 2.45) is 0 Å². The average Bonchev–Trinajstić information content (AvgIpc) is 3.13. The van der Waals surface area contributed by atoms with E-state index in [-0.39, 0.29) is 30.0 Å². The summed E-state index contributed by atoms with van der Waals surface area (Å²) in [5.41, 5.74) is 3.54. The lowest BCUT2D eigenvalue weighted by atomic mass is 10.00. The number of methoxy groups -OCH3 is 1. The number of fused-ring (bicyclic) bond motifs is 1. The zero-order chi connectivity index (χ0) is 21.1. The largest absolute Gasteiger partial charge is 0.497 e. The van der Waals surface area contributed by atoms with Gasteiger partial charge in [-0.05, 0) is 41.7 Å². The van der Waals surface area contributed by atoms with E-state index in [1.165, 1.54) is 11.1 Å². The normalized spacial score (nSPS) is 20.2. The molecule has 0 bridgehead atoms. The maximum Gasteiger partial charge on any atom is 0.237 e. The molecule has 1 atom stereocenters. The Morgan fingerprint density at radius 1 is 1.13 bits per heavy atom. The Balaban J connectivity index is 1.48. The molecular weight excluding hydrogens is 400 g/mol. The SMILES string of the molecule is COc1ccc(CN(CC(=O)N2CCc3ccccc3C2)[C@H]2CCS(=O)(=O)C2)cc1. The van der Waals surface area contributed by atoms with E-state index in [1.54, 1.807) is 7.11 Å². The van der Waals surface area contributed by atoms with Gasteiger partial charge in [0.25, 0.3) is 0 Å². The van der Waals surface area contributed by atoms with Gasteiger partial charge in [0.1, 0.15) is 5.75 Å². The van der Waals surface area contributed by atoms with Gasteiger partial charge in [0.15, 0.2) is 9.84 Å². The number of hydrogen-bond donors (Lipinski definition) is 0. The maximum atomic E-state index is 13.1. The Kier molecular flexibility index (Phi) is 6.11. The Bertz CT molecular complexity index is 1000. The molecule has 2 aromatic rings. The Morgan fingerprint density at radius 2 is 1.87 bits per heavy atom. The first-order valence-corrected chi connectivity index (χ1v) is 12.2. The van der Waals surface area contributed by atoms with Crippen LogP contribution in [0.3, 0.4) is 0 Å². The van der Waals surface area contributed by atoms with E-state index < -0.39 is 9.84 Å². The van der Waals surface area contributed by atoms with Gasteiger partial charge < -0.3 is 9.64 Å². The molecule has 0 N–H and O–H groups in total. The third kappa shape index (κ3) is 4.84. The molecule has 2 aliphatic rings. The number of hydrogen-bond acceptors (Lipinski definition) is 5. The average molecular weight is 429 g/mol. The Hall–Kier alpha value is -2.38. The summed E-state index contributed by atoms with van der Waals surface area (Å²) in [6, 6.07) is 15.8. The number of carbonyl (C=O) groups is 1. The van der Waals surface area contributed by atoms with Crippen LogP contribution in [-0.4, -0.2) is 61.9 Å². The molecule has 0 aromatic heterocycles. The number of rotatable bonds is 6. The summed E-state index contributed by atoms with van der Waals surface area (Å²) in [7, 11) is -1.41. The summed E-state index contributed by atoms with van der Waals surface area (Å²) < 4.78 is 29.4. The predicted molar refractivity (Wildman–Crippen MR) is 116 cm³/mol. The first kappa shape index (κ1) is 20.9. The number of sulfone groups is 1. The molecule has 1 fully saturated rings. The van der Waals surface area contributed by atoms with Crippen molar-refractivity contribution in [1.29, 1.82) is 0 Å². The molecule has 2 aromatic carbocycles. The summed E-state index contributed by atoms with van der Waals surface area (Å²) in [5.74, 6) is 1.15. The summed E-state index contributed by atoms with van der Waals surface area (Å²) in [4.78, 5) is 17.1. The van der Waals surface area contributed by atoms with E-state index in [4.69, 9.17) is 4.74 Å². The van der Waals surface area contributed by atoms with Crippen LogP contribution in [0.5, 0.6) is 5.75 Å². The quantitative estimate of drug-likeness (QED) is 0.706. The Morgan fingerprint density at radius 3 is 2.53 bits per heavy atom. The lowest BCUT2D eigenvalue weighted by molar-refractivity contribution is -0.134. The number of carbonyl (C=O) groups excluding carboxylic acids is 1. The number of nitrogens with zero attached hydrogens (tertiary/aromatic N) is 2. The number of benzene rings is 2. The minimum atomic E-state index is -3.03. The van der Waals surface area contributed by atoms with Crippen molar-refractivity contribution in [3.05, 3.63) is 65.2 Å². The third-order valence-electron chi connectivity index (χ3n) is 6.09. The highest BCUT2D eigenvalue weighted by Gasteiger charge is 2.34. The van der Waals surface area contributed by atoms with Crippen LogP contribution in [0.15, 0.2) is 48.5 Å². The predicted octanol–water partition coefficient (Wildman–Crippen LogP) is 2.27. The molecule has 1 amide bonds. The second-order valence-corrected chi connectivity index (χ2v) is 10.4. The van der Waals surface area contributed by atoms with Gasteiger partial charge in [0.2, 0.25) is 5.91 Å². The van der Waals surface area contributed by atoms with Gasteiger partial charge in [-0.1, -0.05) is 36.4 Å². The second-order valence-electron chi connectivity index (χ2n) is 8.14. The number of ether oxygens (including phenoxy) is 1. The monoisotopic (exact) mass is 428 g/mol. The highest BCUT2D eigenvalue weighted by atomic mass is 32.2. The molecular formula is C23H28N2O4S. The van der Waals surface area contributed by atoms with E-state index in [0.29, 0.717) is 26.1 Å². The lowest BCUT2D eigenvalue weighted by Gasteiger charge is -2.33. The van der Waals surface area contributed by atoms with E-state index in [2.05, 4.69) is 12.1 Å². The fourth-order valence-electron chi connectivity index (χ4n) is 4.33. The minimum Gasteiger partial charge on any atom is -0.497 e. The molecule has 0 spiro atoms. The molecule has 0 aliphatic carbocycles. The highest BCUT2D eigenvalue weighted by Crippen LogP contribution is 2.23. The molecule has 0 saturated carbocycles. The molecule has 30 heavy (non-hydrogen) atoms. The van der Waals surface area contributed by atoms with Crippen LogP contribution in [0.2, 0.25) is 0 Å². The van der Waals surface area contributed by atoms with Crippen LogP contribution < -0.4 is 4.74 Å². The van der Waals surface area contributed by atoms with Gasteiger partial charge in [0, 0.05) is 25.7 Å². The standard InChI is InChI=1S/C23H28N2O4S/c1-29-22-8-6-18(7-9-22)14-25(21-11-13-30(27,28)17-21)16-23(26)24-12-10-19-4-2-3-5-20(19)15-24/h2-9,21H,10-17H2,1H3/t21-/m0/s1. The van der Waals surface area contributed by atoms with Crippen LogP contribution >= 0.6 is 0 Å². The molecule has 4 rings (SSSR count). The Labute approximate surface area is 178 Å². The van der Waals surface area contributed by atoms with Crippen molar-refractivity contribution in [2.75, 3.05) is 31.7 Å². The fraction of sp³-hybridized carbons (Fsp3) is 0.435. The van der Waals surface area contributed by atoms with Crippen LogP contribution in [0.1, 0.15) is 23.1 Å². The topological polar surface area (TPSA) is 66.9 Å². The van der Waals surface area contributed by atoms with Gasteiger partial charge in [-0.3, -0.25) is 9.69 Å². The lowest BCUT2D eigenvalue weighted by Crippen LogP contribution is -2.46. The zero-order valence-electron chi connectivity index (χ0n) is 17.3. The molecule has 6 nitrogen and oxygen atoms in total. The van der Waals surface area contributed by atoms with Crippen molar-refractivity contribution in [2.45, 2.75) is 32.0 Å². The smallest absolute Gasteiger partial charge is 0.237 e. The van der Waals surface area contributed by atoms with Gasteiger partial charge in [0.05, 0.1) is 25.2 Å². The molecule has 7 heteroatoms. The molecule has 0 unspecified atom stereocenters. The second kappa shape index (κ2) is 8.78. The van der Waals surface area contributed by atoms with E-state index in [0.717, 1.165) is 17.7 Å². The molecule has 0 radical (unpaired) electrons. The third-order valence-corrected chi connectivity index (χ3v) is 7.84. The fourth-order valence-corrected chi connectivity index (χ4v) is 6.09. The van der Waals surface area contributed by atoms with Crippen LogP contribution in [0.25, 0.3) is 0 Å². The first-order valence-electron chi connectivity index (χ1n) is 10.4. The van der Waals surface area contributed by atoms with E-state index in [1.807, 2.05) is 46.2 Å². The molecule has 2 aliphatic heterocycles. The van der Waals surface area contributed by atoms with Crippen LogP contribution in [-0.2, 0) is 34.1 Å². The highest BCUT2D eigenvalue weighted by molar-refractivity contribution is 7.91. The summed E-state index contributed by atoms with van der Waals surface area (Å²) >= 11 is 0. The zero-order valence-corrected chi connectivity index (χ0v) is 18.1. The van der Waals surface area contributed by atoms with Gasteiger partial charge in [-0.25, -0.2) is 8.42 Å². The van der Waals surface area contributed by atoms with Crippen LogP contribution in [0.4, 0.5) is 0 Å². The maximum absolute atomic E-state index is 13.1. The van der Waals surface area contributed by atoms with Crippen molar-refractivity contribution in [3.63, 3.8) is 0 Å². The first-order chi connectivity index (χ1) is 14.4. The van der Waals surface area contributed by atoms with Crippen LogP contribution in [0, 0.1) is 0 Å². The van der Waals surface area contributed by atoms with Crippen molar-refractivity contribution in [3.8, 4) is 5.75 Å². The number of amides is 1. The van der Waals surface area contributed by atoms with Crippen molar-refractivity contribution < 1.29 is 17.9 Å². The minimum absolute atomic E-state index is 0.0577. The van der Waals surface area contributed by atoms with Crippen molar-refractivity contribution >= 4 is 15.7 Å². The van der Waals surface area contributed by atoms with E-state index in [9.17, 15) is 13.2 Å². The molecule has 2 heterocycles. The van der Waals surface area contributed by atoms with Gasteiger partial charge in [-0.15, -0.1) is 0 Å². The van der Waals surface area contributed by atoms with Gasteiger partial charge in [-0.2, -0.15) is 0 Å². The summed E-state index contributed by atoms with van der Waals surface area (Å²) in [5, 5.41) is 0. The van der Waals surface area contributed by atoms with Gasteiger partial charge >= 0.3 is 0 Å².